The van der Waals surface area contributed by atoms with Gasteiger partial charge in [-0.1, -0.05) is 27.7 Å². The third kappa shape index (κ3) is 2.57. The van der Waals surface area contributed by atoms with Crippen LogP contribution in [-0.4, -0.2) is 36.0 Å². The minimum Gasteiger partial charge on any atom is -0.341 e. The Labute approximate surface area is 99.6 Å². The van der Waals surface area contributed by atoms with Crippen LogP contribution in [0.25, 0.3) is 0 Å². The van der Waals surface area contributed by atoms with Crippen LogP contribution in [-0.2, 0) is 4.79 Å². The van der Waals surface area contributed by atoms with Crippen LogP contribution >= 0.6 is 0 Å². The number of rotatable bonds is 1. The van der Waals surface area contributed by atoms with Crippen molar-refractivity contribution in [1.29, 1.82) is 0 Å². The smallest absolute Gasteiger partial charge is 0.242 e. The molecule has 16 heavy (non-hydrogen) atoms. The average Bonchev–Trinajstić information content (AvgIpc) is 2.57. The number of likely N-dealkylation sites (tertiary alicyclic amines) is 1. The molecule has 3 heteroatoms. The number of nitrogens with zero attached hydrogens (tertiary/aromatic N) is 1. The molecule has 0 unspecified atom stereocenters. The van der Waals surface area contributed by atoms with Crippen molar-refractivity contribution in [2.45, 2.75) is 53.0 Å². The second-order valence-electron chi connectivity index (χ2n) is 5.65. The van der Waals surface area contributed by atoms with Gasteiger partial charge in [-0.15, -0.1) is 0 Å². The molecule has 0 spiro atoms. The lowest BCUT2D eigenvalue weighted by Crippen LogP contribution is -2.64. The summed E-state index contributed by atoms with van der Waals surface area (Å²) in [6.07, 6.45) is 2.12. The third-order valence-corrected chi connectivity index (χ3v) is 3.58. The molecule has 0 radical (unpaired) electrons. The van der Waals surface area contributed by atoms with Crippen LogP contribution in [0.2, 0.25) is 0 Å². The van der Waals surface area contributed by atoms with Gasteiger partial charge in [-0.05, 0) is 31.7 Å². The lowest BCUT2D eigenvalue weighted by atomic mass is 9.88. The van der Waals surface area contributed by atoms with Crippen LogP contribution in [0.5, 0.6) is 0 Å². The summed E-state index contributed by atoms with van der Waals surface area (Å²) in [7, 11) is 0. The highest BCUT2D eigenvalue weighted by atomic mass is 16.2. The number of carbonyl (C=O) groups is 1. The first kappa shape index (κ1) is 13.5. The highest BCUT2D eigenvalue weighted by Gasteiger charge is 2.44. The second-order valence-corrected chi connectivity index (χ2v) is 5.65. The lowest BCUT2D eigenvalue weighted by Gasteiger charge is -2.41. The topological polar surface area (TPSA) is 32.3 Å². The third-order valence-electron chi connectivity index (χ3n) is 3.58. The van der Waals surface area contributed by atoms with Crippen molar-refractivity contribution in [2.24, 2.45) is 5.41 Å². The molecule has 2 fully saturated rings. The fourth-order valence-electron chi connectivity index (χ4n) is 2.32. The number of nitrogens with one attached hydrogen (secondary N) is 1. The molecule has 94 valence electrons. The predicted molar refractivity (Wildman–Crippen MR) is 67.4 cm³/mol. The summed E-state index contributed by atoms with van der Waals surface area (Å²) in [4.78, 5) is 14.1. The van der Waals surface area contributed by atoms with Crippen molar-refractivity contribution in [3.05, 3.63) is 0 Å². The molecule has 2 aliphatic heterocycles. The van der Waals surface area contributed by atoms with Crippen LogP contribution < -0.4 is 5.32 Å². The van der Waals surface area contributed by atoms with E-state index in [9.17, 15) is 4.79 Å². The lowest BCUT2D eigenvalue weighted by molar-refractivity contribution is -0.139. The standard InChI is InChI=1S/C11H20N2O.C2H6/c1-10(2)5-7-13(8-10)9(14)11(3)4-6-12-11;1-2/h12H,4-8H2,1-3H3;1-2H3/t11-;/m0./s1. The van der Waals surface area contributed by atoms with Crippen molar-refractivity contribution in [2.75, 3.05) is 19.6 Å². The summed E-state index contributed by atoms with van der Waals surface area (Å²) in [5.74, 6) is 0.300. The van der Waals surface area contributed by atoms with E-state index in [1.165, 1.54) is 0 Å². The Kier molecular flexibility index (Phi) is 4.00. The molecule has 0 bridgehead atoms. The van der Waals surface area contributed by atoms with E-state index in [1.54, 1.807) is 0 Å². The number of amides is 1. The Morgan fingerprint density at radius 3 is 2.06 bits per heavy atom. The summed E-state index contributed by atoms with van der Waals surface area (Å²) in [5, 5.41) is 3.23. The van der Waals surface area contributed by atoms with Gasteiger partial charge in [0.1, 0.15) is 0 Å². The highest BCUT2D eigenvalue weighted by Crippen LogP contribution is 2.31. The summed E-state index contributed by atoms with van der Waals surface area (Å²) in [5.41, 5.74) is 0.0657. The van der Waals surface area contributed by atoms with Gasteiger partial charge in [0.25, 0.3) is 0 Å². The van der Waals surface area contributed by atoms with Crippen molar-refractivity contribution in [1.82, 2.24) is 10.2 Å². The molecule has 2 aliphatic rings. The summed E-state index contributed by atoms with van der Waals surface area (Å²) < 4.78 is 0. The zero-order valence-electron chi connectivity index (χ0n) is 11.4. The molecule has 0 aromatic carbocycles. The number of hydrogen-bond acceptors (Lipinski definition) is 2. The Hall–Kier alpha value is -0.570. The molecule has 2 saturated heterocycles. The molecular weight excluding hydrogens is 200 g/mol. The van der Waals surface area contributed by atoms with Crippen LogP contribution in [0.15, 0.2) is 0 Å². The molecule has 0 aromatic heterocycles. The van der Waals surface area contributed by atoms with Gasteiger partial charge in [0, 0.05) is 13.1 Å². The maximum absolute atomic E-state index is 12.1. The normalized spacial score (nSPS) is 31.4. The van der Waals surface area contributed by atoms with Crippen molar-refractivity contribution in [3.8, 4) is 0 Å². The molecule has 1 amide bonds. The number of hydrogen-bond donors (Lipinski definition) is 1. The van der Waals surface area contributed by atoms with E-state index in [0.29, 0.717) is 11.3 Å². The first-order chi connectivity index (χ1) is 7.43. The van der Waals surface area contributed by atoms with Crippen LogP contribution in [0.3, 0.4) is 0 Å². The van der Waals surface area contributed by atoms with E-state index >= 15 is 0 Å². The van der Waals surface area contributed by atoms with Gasteiger partial charge in [-0.3, -0.25) is 4.79 Å². The first-order valence-corrected chi connectivity index (χ1v) is 6.47. The maximum atomic E-state index is 12.1. The molecule has 3 nitrogen and oxygen atoms in total. The molecule has 2 heterocycles. The van der Waals surface area contributed by atoms with Gasteiger partial charge < -0.3 is 10.2 Å². The monoisotopic (exact) mass is 226 g/mol. The zero-order valence-corrected chi connectivity index (χ0v) is 11.4. The van der Waals surface area contributed by atoms with Gasteiger partial charge >= 0.3 is 0 Å². The highest BCUT2D eigenvalue weighted by molar-refractivity contribution is 5.87. The SMILES string of the molecule is CC.CC1(C)CCN(C(=O)[C@]2(C)CCN2)C1. The summed E-state index contributed by atoms with van der Waals surface area (Å²) >= 11 is 0. The van der Waals surface area contributed by atoms with E-state index in [-0.39, 0.29) is 5.54 Å². The van der Waals surface area contributed by atoms with Crippen LogP contribution in [0.1, 0.15) is 47.5 Å². The molecule has 1 N–H and O–H groups in total. The van der Waals surface area contributed by atoms with Crippen molar-refractivity contribution in [3.63, 3.8) is 0 Å². The van der Waals surface area contributed by atoms with Gasteiger partial charge in [-0.25, -0.2) is 0 Å². The van der Waals surface area contributed by atoms with Gasteiger partial charge in [-0.2, -0.15) is 0 Å². The Morgan fingerprint density at radius 2 is 1.75 bits per heavy atom. The largest absolute Gasteiger partial charge is 0.341 e. The average molecular weight is 226 g/mol. The number of carbonyl (C=O) groups excluding carboxylic acids is 1. The first-order valence-electron chi connectivity index (χ1n) is 6.47. The minimum atomic E-state index is -0.250. The maximum Gasteiger partial charge on any atom is 0.242 e. The Balaban J connectivity index is 0.000000606. The van der Waals surface area contributed by atoms with E-state index in [4.69, 9.17) is 0 Å². The van der Waals surface area contributed by atoms with E-state index in [1.807, 2.05) is 25.7 Å². The fraction of sp³-hybridized carbons (Fsp3) is 0.923. The molecule has 0 aliphatic carbocycles. The molecule has 0 aromatic rings. The van der Waals surface area contributed by atoms with Crippen molar-refractivity contribution >= 4 is 5.91 Å². The van der Waals surface area contributed by atoms with Crippen LogP contribution in [0, 0.1) is 5.41 Å². The van der Waals surface area contributed by atoms with E-state index < -0.39 is 0 Å². The quantitative estimate of drug-likeness (QED) is 0.742. The second kappa shape index (κ2) is 4.74. The van der Waals surface area contributed by atoms with Gasteiger partial charge in [0.15, 0.2) is 0 Å². The van der Waals surface area contributed by atoms with E-state index in [2.05, 4.69) is 19.2 Å². The summed E-state index contributed by atoms with van der Waals surface area (Å²) in [6.45, 7) is 13.3. The Bertz CT molecular complexity index is 257. The molecular formula is C13H26N2O. The summed E-state index contributed by atoms with van der Waals surface area (Å²) in [6, 6.07) is 0. The zero-order chi connectivity index (χ0) is 12.4. The molecule has 2 rings (SSSR count). The Morgan fingerprint density at radius 1 is 1.19 bits per heavy atom. The van der Waals surface area contributed by atoms with Crippen molar-refractivity contribution < 1.29 is 4.79 Å². The fourth-order valence-corrected chi connectivity index (χ4v) is 2.32. The van der Waals surface area contributed by atoms with Gasteiger partial charge in [0.2, 0.25) is 5.91 Å². The van der Waals surface area contributed by atoms with Gasteiger partial charge in [0.05, 0.1) is 5.54 Å². The van der Waals surface area contributed by atoms with Crippen LogP contribution in [0.4, 0.5) is 0 Å². The molecule has 1 atom stereocenters. The molecule has 0 saturated carbocycles. The minimum absolute atomic E-state index is 0.250. The van der Waals surface area contributed by atoms with E-state index in [0.717, 1.165) is 32.5 Å². The predicted octanol–water partition coefficient (Wildman–Crippen LogP) is 2.02.